The predicted octanol–water partition coefficient (Wildman–Crippen LogP) is -0.0760. The van der Waals surface area contributed by atoms with Gasteiger partial charge >= 0.3 is 0 Å². The summed E-state index contributed by atoms with van der Waals surface area (Å²) in [5, 5.41) is 9.10. The summed E-state index contributed by atoms with van der Waals surface area (Å²) in [6, 6.07) is 6.80. The number of ether oxygens (including phenoxy) is 1. The molecule has 0 aliphatic heterocycles. The molecule has 6 N–H and O–H groups in total. The average Bonchev–Trinajstić information content (AvgIpc) is 2.44. The molecule has 0 fully saturated rings. The first kappa shape index (κ1) is 16.6. The number of carbonyl (C=O) groups is 2. The summed E-state index contributed by atoms with van der Waals surface area (Å²) in [6.45, 7) is 0.387. The van der Waals surface area contributed by atoms with Gasteiger partial charge in [0, 0.05) is 6.42 Å². The van der Waals surface area contributed by atoms with Crippen molar-refractivity contribution in [3.63, 3.8) is 0 Å². The topological polar surface area (TPSA) is 131 Å². The second kappa shape index (κ2) is 8.70. The van der Waals surface area contributed by atoms with Crippen LogP contribution in [-0.2, 0) is 16.0 Å². The quantitative estimate of drug-likeness (QED) is 0.230. The van der Waals surface area contributed by atoms with Crippen LogP contribution in [0.1, 0.15) is 18.4 Å². The summed E-state index contributed by atoms with van der Waals surface area (Å²) >= 11 is 0. The Morgan fingerprint density at radius 2 is 2.05 bits per heavy atom. The highest BCUT2D eigenvalue weighted by Gasteiger charge is 2.04. The van der Waals surface area contributed by atoms with Crippen LogP contribution in [0.25, 0.3) is 0 Å². The minimum absolute atomic E-state index is 0.242. The van der Waals surface area contributed by atoms with E-state index >= 15 is 0 Å². The molecule has 0 aliphatic rings. The number of amides is 1. The Kier molecular flexibility index (Phi) is 6.90. The van der Waals surface area contributed by atoms with Gasteiger partial charge in [0.15, 0.2) is 5.96 Å². The normalized spacial score (nSPS) is 11.5. The van der Waals surface area contributed by atoms with Gasteiger partial charge in [0.1, 0.15) is 12.0 Å². The minimum Gasteiger partial charge on any atom is -0.494 e. The zero-order valence-electron chi connectivity index (χ0n) is 11.7. The zero-order valence-corrected chi connectivity index (χ0v) is 11.7. The third kappa shape index (κ3) is 7.07. The van der Waals surface area contributed by atoms with Crippen molar-refractivity contribution in [2.45, 2.75) is 25.3 Å². The summed E-state index contributed by atoms with van der Waals surface area (Å²) in [5.74, 6) is 0.0275. The molecule has 1 atom stereocenters. The molecule has 0 aromatic heterocycles. The van der Waals surface area contributed by atoms with Crippen LogP contribution in [0, 0.1) is 5.41 Å². The van der Waals surface area contributed by atoms with Crippen molar-refractivity contribution < 1.29 is 14.3 Å². The predicted molar refractivity (Wildman–Crippen MR) is 79.0 cm³/mol. The lowest BCUT2D eigenvalue weighted by Crippen LogP contribution is -2.35. The Hall–Kier alpha value is -2.41. The van der Waals surface area contributed by atoms with Crippen molar-refractivity contribution in [2.24, 2.45) is 11.5 Å². The highest BCUT2D eigenvalue weighted by molar-refractivity contribution is 5.94. The number of carbonyl (C=O) groups excluding carboxylic acids is 2. The van der Waals surface area contributed by atoms with E-state index in [2.05, 4.69) is 5.32 Å². The summed E-state index contributed by atoms with van der Waals surface area (Å²) in [6.07, 6.45) is 1.98. The molecule has 0 bridgehead atoms. The van der Waals surface area contributed by atoms with E-state index in [-0.39, 0.29) is 18.3 Å². The molecule has 1 aromatic rings. The lowest BCUT2D eigenvalue weighted by atomic mass is 10.1. The van der Waals surface area contributed by atoms with Gasteiger partial charge in [-0.1, -0.05) is 12.1 Å². The van der Waals surface area contributed by atoms with E-state index in [1.54, 1.807) is 12.1 Å². The van der Waals surface area contributed by atoms with Crippen LogP contribution >= 0.6 is 0 Å². The number of guanidine groups is 1. The zero-order chi connectivity index (χ0) is 15.7. The van der Waals surface area contributed by atoms with Crippen molar-refractivity contribution in [3.05, 3.63) is 29.8 Å². The molecule has 21 heavy (non-hydrogen) atoms. The fourth-order valence-corrected chi connectivity index (χ4v) is 1.68. The van der Waals surface area contributed by atoms with E-state index in [0.717, 1.165) is 11.8 Å². The summed E-state index contributed by atoms with van der Waals surface area (Å²) in [7, 11) is 0. The second-order valence-corrected chi connectivity index (χ2v) is 4.56. The van der Waals surface area contributed by atoms with E-state index in [4.69, 9.17) is 21.6 Å². The second-order valence-electron chi connectivity index (χ2n) is 4.56. The molecule has 7 nitrogen and oxygen atoms in total. The van der Waals surface area contributed by atoms with Gasteiger partial charge < -0.3 is 21.0 Å². The van der Waals surface area contributed by atoms with Gasteiger partial charge in [0.05, 0.1) is 12.6 Å². The first-order valence-electron chi connectivity index (χ1n) is 6.57. The largest absolute Gasteiger partial charge is 0.494 e. The van der Waals surface area contributed by atoms with Gasteiger partial charge in [0.25, 0.3) is 0 Å². The molecule has 7 heteroatoms. The fourth-order valence-electron chi connectivity index (χ4n) is 1.68. The van der Waals surface area contributed by atoms with Crippen LogP contribution in [0.2, 0.25) is 0 Å². The molecule has 114 valence electrons. The first-order chi connectivity index (χ1) is 10.0. The fraction of sp³-hybridized carbons (Fsp3) is 0.357. The summed E-state index contributed by atoms with van der Waals surface area (Å²) in [5.41, 5.74) is 11.5. The van der Waals surface area contributed by atoms with Crippen LogP contribution in [-0.4, -0.2) is 30.8 Å². The molecule has 0 unspecified atom stereocenters. The van der Waals surface area contributed by atoms with Crippen molar-refractivity contribution in [1.82, 2.24) is 5.32 Å². The standard InChI is InChI=1S/C14H20N4O3/c15-11(9-19)8-10-3-5-12(6-4-10)21-7-1-2-13(20)18-14(16)17/h3-6,9,11H,1-2,7-8,15H2,(H4,16,17,18,20)/t11-/m0/s1. The summed E-state index contributed by atoms with van der Waals surface area (Å²) < 4.78 is 5.48. The molecule has 1 aromatic carbocycles. The maximum absolute atomic E-state index is 11.2. The van der Waals surface area contributed by atoms with E-state index < -0.39 is 6.04 Å². The number of aldehydes is 1. The van der Waals surface area contributed by atoms with Gasteiger partial charge in [-0.05, 0) is 30.5 Å². The molecule has 1 amide bonds. The molecule has 0 saturated heterocycles. The highest BCUT2D eigenvalue weighted by atomic mass is 16.5. The van der Waals surface area contributed by atoms with Gasteiger partial charge in [0.2, 0.25) is 5.91 Å². The molecule has 0 spiro atoms. The Labute approximate surface area is 123 Å². The molecule has 0 radical (unpaired) electrons. The SMILES string of the molecule is N=C(N)NC(=O)CCCOc1ccc(C[C@H](N)C=O)cc1. The van der Waals surface area contributed by atoms with E-state index in [1.807, 2.05) is 12.1 Å². The average molecular weight is 292 g/mol. The van der Waals surface area contributed by atoms with Crippen LogP contribution in [0.4, 0.5) is 0 Å². The van der Waals surface area contributed by atoms with Gasteiger partial charge in [-0.15, -0.1) is 0 Å². The monoisotopic (exact) mass is 292 g/mol. The van der Waals surface area contributed by atoms with E-state index in [1.165, 1.54) is 0 Å². The first-order valence-corrected chi connectivity index (χ1v) is 6.57. The smallest absolute Gasteiger partial charge is 0.226 e. The lowest BCUT2D eigenvalue weighted by Gasteiger charge is -2.08. The molecule has 0 saturated carbocycles. The lowest BCUT2D eigenvalue weighted by molar-refractivity contribution is -0.120. The molecular weight excluding hydrogens is 272 g/mol. The van der Waals surface area contributed by atoms with E-state index in [0.29, 0.717) is 25.2 Å². The van der Waals surface area contributed by atoms with Gasteiger partial charge in [-0.25, -0.2) is 0 Å². The number of hydrogen-bond donors (Lipinski definition) is 4. The van der Waals surface area contributed by atoms with Crippen LogP contribution in [0.5, 0.6) is 5.75 Å². The molecule has 0 heterocycles. The number of hydrogen-bond acceptors (Lipinski definition) is 5. The number of nitrogens with two attached hydrogens (primary N) is 2. The molecule has 0 aliphatic carbocycles. The van der Waals surface area contributed by atoms with Crippen LogP contribution in [0.3, 0.4) is 0 Å². The van der Waals surface area contributed by atoms with Crippen LogP contribution < -0.4 is 21.5 Å². The molecule has 1 rings (SSSR count). The van der Waals surface area contributed by atoms with Gasteiger partial charge in [-0.3, -0.25) is 15.5 Å². The molecular formula is C14H20N4O3. The van der Waals surface area contributed by atoms with Gasteiger partial charge in [-0.2, -0.15) is 0 Å². The van der Waals surface area contributed by atoms with Crippen molar-refractivity contribution in [3.8, 4) is 5.75 Å². The third-order valence-electron chi connectivity index (χ3n) is 2.66. The van der Waals surface area contributed by atoms with Crippen LogP contribution in [0.15, 0.2) is 24.3 Å². The minimum atomic E-state index is -0.489. The Morgan fingerprint density at radius 1 is 1.38 bits per heavy atom. The highest BCUT2D eigenvalue weighted by Crippen LogP contribution is 2.13. The van der Waals surface area contributed by atoms with Crippen molar-refractivity contribution >= 4 is 18.2 Å². The Bertz CT molecular complexity index is 487. The maximum atomic E-state index is 11.2. The van der Waals surface area contributed by atoms with Crippen molar-refractivity contribution in [2.75, 3.05) is 6.61 Å². The number of rotatable bonds is 8. The number of benzene rings is 1. The summed E-state index contributed by atoms with van der Waals surface area (Å²) in [4.78, 5) is 21.7. The van der Waals surface area contributed by atoms with Crippen molar-refractivity contribution in [1.29, 1.82) is 5.41 Å². The number of nitrogens with one attached hydrogen (secondary N) is 2. The Morgan fingerprint density at radius 3 is 2.62 bits per heavy atom. The Balaban J connectivity index is 2.28. The maximum Gasteiger partial charge on any atom is 0.226 e. The third-order valence-corrected chi connectivity index (χ3v) is 2.66. The van der Waals surface area contributed by atoms with E-state index in [9.17, 15) is 9.59 Å².